The molecule has 0 aliphatic rings. The minimum atomic E-state index is -0.264. The Labute approximate surface area is 73.6 Å². The van der Waals surface area contributed by atoms with Gasteiger partial charge in [-0.15, -0.1) is 18.9 Å². The number of esters is 1. The molecule has 0 aliphatic carbocycles. The van der Waals surface area contributed by atoms with E-state index in [9.17, 15) is 4.79 Å². The summed E-state index contributed by atoms with van der Waals surface area (Å²) in [5.41, 5.74) is 0. The monoisotopic (exact) mass is 166 g/mol. The highest BCUT2D eigenvalue weighted by Crippen LogP contribution is 2.17. The predicted molar refractivity (Wildman–Crippen MR) is 48.3 cm³/mol. The zero-order valence-corrected chi connectivity index (χ0v) is 7.54. The van der Waals surface area contributed by atoms with Gasteiger partial charge in [-0.1, -0.05) is 13.0 Å². The molecule has 12 heavy (non-hydrogen) atoms. The van der Waals surface area contributed by atoms with Crippen molar-refractivity contribution in [3.63, 3.8) is 0 Å². The van der Waals surface area contributed by atoms with Crippen LogP contribution in [0.25, 0.3) is 0 Å². The fraction of sp³-hybridized carbons (Fsp3) is 0.500. The molecule has 2 atom stereocenters. The van der Waals surface area contributed by atoms with Crippen molar-refractivity contribution in [2.24, 2.45) is 11.8 Å². The standard InChI is InChI=1S/C10H14O2/c1-5-7-9(8(3)6-2)10(11)12-4/h1,6,8-9H,2,7H2,3-4H3. The number of rotatable bonds is 4. The summed E-state index contributed by atoms with van der Waals surface area (Å²) in [5, 5.41) is 0. The number of terminal acetylenes is 1. The van der Waals surface area contributed by atoms with Crippen LogP contribution in [0.2, 0.25) is 0 Å². The van der Waals surface area contributed by atoms with Gasteiger partial charge < -0.3 is 4.74 Å². The van der Waals surface area contributed by atoms with Gasteiger partial charge in [-0.25, -0.2) is 0 Å². The first kappa shape index (κ1) is 10.8. The summed E-state index contributed by atoms with van der Waals surface area (Å²) in [6.07, 6.45) is 7.23. The van der Waals surface area contributed by atoms with E-state index in [4.69, 9.17) is 6.42 Å². The second-order valence-corrected chi connectivity index (χ2v) is 2.63. The van der Waals surface area contributed by atoms with Gasteiger partial charge >= 0.3 is 5.97 Å². The first-order chi connectivity index (χ1) is 5.67. The van der Waals surface area contributed by atoms with Crippen molar-refractivity contribution in [2.45, 2.75) is 13.3 Å². The summed E-state index contributed by atoms with van der Waals surface area (Å²) in [5.74, 6) is 2.00. The smallest absolute Gasteiger partial charge is 0.310 e. The molecule has 0 aromatic rings. The maximum atomic E-state index is 11.1. The number of methoxy groups -OCH3 is 1. The Kier molecular flexibility index (Phi) is 4.87. The van der Waals surface area contributed by atoms with E-state index >= 15 is 0 Å². The number of hydrogen-bond acceptors (Lipinski definition) is 2. The Morgan fingerprint density at radius 3 is 2.75 bits per heavy atom. The molecular formula is C10H14O2. The van der Waals surface area contributed by atoms with Gasteiger partial charge in [0.1, 0.15) is 0 Å². The second kappa shape index (κ2) is 5.42. The molecule has 0 saturated heterocycles. The minimum absolute atomic E-state index is 0.0634. The molecule has 0 aromatic carbocycles. The van der Waals surface area contributed by atoms with Gasteiger partial charge in [0.05, 0.1) is 13.0 Å². The number of carbonyl (C=O) groups excluding carboxylic acids is 1. The molecule has 0 fully saturated rings. The van der Waals surface area contributed by atoms with E-state index < -0.39 is 0 Å². The van der Waals surface area contributed by atoms with E-state index in [-0.39, 0.29) is 17.8 Å². The number of ether oxygens (including phenoxy) is 1. The van der Waals surface area contributed by atoms with Gasteiger partial charge in [0.25, 0.3) is 0 Å². The lowest BCUT2D eigenvalue weighted by atomic mass is 9.91. The van der Waals surface area contributed by atoms with E-state index in [1.807, 2.05) is 6.92 Å². The van der Waals surface area contributed by atoms with Gasteiger partial charge in [-0.3, -0.25) is 4.79 Å². The molecule has 2 unspecified atom stereocenters. The van der Waals surface area contributed by atoms with Crippen molar-refractivity contribution in [1.29, 1.82) is 0 Å². The quantitative estimate of drug-likeness (QED) is 0.360. The molecule has 0 bridgehead atoms. The number of carbonyl (C=O) groups is 1. The summed E-state index contributed by atoms with van der Waals surface area (Å²) in [7, 11) is 1.36. The Morgan fingerprint density at radius 1 is 1.83 bits per heavy atom. The summed E-state index contributed by atoms with van der Waals surface area (Å²) < 4.78 is 4.61. The zero-order valence-electron chi connectivity index (χ0n) is 7.54. The van der Waals surface area contributed by atoms with Gasteiger partial charge in [0.2, 0.25) is 0 Å². The molecule has 0 aliphatic heterocycles. The lowest BCUT2D eigenvalue weighted by Gasteiger charge is -2.15. The van der Waals surface area contributed by atoms with Crippen LogP contribution in [0.1, 0.15) is 13.3 Å². The van der Waals surface area contributed by atoms with Crippen LogP contribution in [-0.2, 0) is 9.53 Å². The minimum Gasteiger partial charge on any atom is -0.469 e. The summed E-state index contributed by atoms with van der Waals surface area (Å²) >= 11 is 0. The van der Waals surface area contributed by atoms with Crippen molar-refractivity contribution < 1.29 is 9.53 Å². The largest absolute Gasteiger partial charge is 0.469 e. The summed E-state index contributed by atoms with van der Waals surface area (Å²) in [6, 6.07) is 0. The van der Waals surface area contributed by atoms with Crippen LogP contribution in [0.4, 0.5) is 0 Å². The van der Waals surface area contributed by atoms with Crippen LogP contribution in [-0.4, -0.2) is 13.1 Å². The predicted octanol–water partition coefficient (Wildman–Crippen LogP) is 1.62. The van der Waals surface area contributed by atoms with Crippen molar-refractivity contribution >= 4 is 5.97 Å². The maximum Gasteiger partial charge on any atom is 0.310 e. The van der Waals surface area contributed by atoms with Crippen molar-refractivity contribution in [1.82, 2.24) is 0 Å². The van der Waals surface area contributed by atoms with Crippen LogP contribution in [0, 0.1) is 24.2 Å². The molecule has 0 amide bonds. The molecule has 0 heterocycles. The van der Waals surface area contributed by atoms with E-state index in [0.717, 1.165) is 0 Å². The lowest BCUT2D eigenvalue weighted by molar-refractivity contribution is -0.146. The van der Waals surface area contributed by atoms with Gasteiger partial charge in [-0.2, -0.15) is 0 Å². The third-order valence-corrected chi connectivity index (χ3v) is 1.85. The van der Waals surface area contributed by atoms with Crippen molar-refractivity contribution in [3.8, 4) is 12.3 Å². The molecule has 0 radical (unpaired) electrons. The normalized spacial score (nSPS) is 14.1. The van der Waals surface area contributed by atoms with Crippen molar-refractivity contribution in [3.05, 3.63) is 12.7 Å². The van der Waals surface area contributed by atoms with Crippen LogP contribution in [0.5, 0.6) is 0 Å². The molecule has 0 rings (SSSR count). The molecule has 66 valence electrons. The highest BCUT2D eigenvalue weighted by Gasteiger charge is 2.22. The first-order valence-electron chi connectivity index (χ1n) is 3.81. The average Bonchev–Trinajstić information content (AvgIpc) is 2.11. The zero-order chi connectivity index (χ0) is 9.56. The van der Waals surface area contributed by atoms with Crippen LogP contribution < -0.4 is 0 Å². The average molecular weight is 166 g/mol. The highest BCUT2D eigenvalue weighted by atomic mass is 16.5. The second-order valence-electron chi connectivity index (χ2n) is 2.63. The molecule has 0 spiro atoms. The van der Waals surface area contributed by atoms with E-state index in [0.29, 0.717) is 6.42 Å². The third kappa shape index (κ3) is 2.79. The van der Waals surface area contributed by atoms with Crippen LogP contribution in [0.3, 0.4) is 0 Å². The topological polar surface area (TPSA) is 26.3 Å². The Bertz CT molecular complexity index is 200. The van der Waals surface area contributed by atoms with Gasteiger partial charge in [0.15, 0.2) is 0 Å². The van der Waals surface area contributed by atoms with Gasteiger partial charge in [0, 0.05) is 6.42 Å². The van der Waals surface area contributed by atoms with Crippen LogP contribution >= 0.6 is 0 Å². The summed E-state index contributed by atoms with van der Waals surface area (Å²) in [6.45, 7) is 5.50. The molecule has 0 aromatic heterocycles. The molecule has 2 heteroatoms. The third-order valence-electron chi connectivity index (χ3n) is 1.85. The maximum absolute atomic E-state index is 11.1. The Hall–Kier alpha value is -1.23. The SMILES string of the molecule is C#CCC(C(=O)OC)C(C)C=C. The van der Waals surface area contributed by atoms with E-state index in [2.05, 4.69) is 17.2 Å². The molecule has 2 nitrogen and oxygen atoms in total. The number of allylic oxidation sites excluding steroid dienone is 1. The molecule has 0 saturated carbocycles. The number of hydrogen-bond donors (Lipinski definition) is 0. The van der Waals surface area contributed by atoms with E-state index in [1.165, 1.54) is 7.11 Å². The van der Waals surface area contributed by atoms with Crippen molar-refractivity contribution in [2.75, 3.05) is 7.11 Å². The van der Waals surface area contributed by atoms with Gasteiger partial charge in [-0.05, 0) is 5.92 Å². The lowest BCUT2D eigenvalue weighted by Crippen LogP contribution is -2.21. The van der Waals surface area contributed by atoms with Crippen LogP contribution in [0.15, 0.2) is 12.7 Å². The fourth-order valence-electron chi connectivity index (χ4n) is 0.926. The van der Waals surface area contributed by atoms with E-state index in [1.54, 1.807) is 6.08 Å². The highest BCUT2D eigenvalue weighted by molar-refractivity contribution is 5.73. The molecular weight excluding hydrogens is 152 g/mol. The first-order valence-corrected chi connectivity index (χ1v) is 3.81. The fourth-order valence-corrected chi connectivity index (χ4v) is 0.926. The summed E-state index contributed by atoms with van der Waals surface area (Å²) in [4.78, 5) is 11.1. The molecule has 0 N–H and O–H groups in total. The Balaban J connectivity index is 4.33. The Morgan fingerprint density at radius 2 is 2.42 bits per heavy atom.